The number of carbonyl (C=O) groups is 2. The van der Waals surface area contributed by atoms with E-state index in [4.69, 9.17) is 11.1 Å². The zero-order valence-corrected chi connectivity index (χ0v) is 16.9. The van der Waals surface area contributed by atoms with Crippen LogP contribution in [0.4, 0.5) is 0 Å². The van der Waals surface area contributed by atoms with Crippen molar-refractivity contribution in [2.45, 2.75) is 33.0 Å². The molecule has 0 aliphatic rings. The molecule has 7 nitrogen and oxygen atoms in total. The smallest absolute Gasteiger partial charge is 0.243 e. The van der Waals surface area contributed by atoms with Gasteiger partial charge >= 0.3 is 0 Å². The molecular formula is C22H29N5O2. The highest BCUT2D eigenvalue weighted by Gasteiger charge is 2.23. The van der Waals surface area contributed by atoms with Crippen LogP contribution in [-0.4, -0.2) is 30.2 Å². The summed E-state index contributed by atoms with van der Waals surface area (Å²) in [6.07, 6.45) is 0. The Morgan fingerprint density at radius 2 is 1.59 bits per heavy atom. The summed E-state index contributed by atoms with van der Waals surface area (Å²) in [6, 6.07) is 16.3. The van der Waals surface area contributed by atoms with Gasteiger partial charge in [-0.2, -0.15) is 0 Å². The fourth-order valence-electron chi connectivity index (χ4n) is 2.78. The van der Waals surface area contributed by atoms with Crippen molar-refractivity contribution in [2.75, 3.05) is 6.54 Å². The number of nitrogens with two attached hydrogens (primary N) is 1. The second-order valence-electron chi connectivity index (χ2n) is 7.21. The van der Waals surface area contributed by atoms with Crippen molar-refractivity contribution in [1.82, 2.24) is 16.0 Å². The first-order chi connectivity index (χ1) is 13.9. The number of nitrogen functional groups attached to an aromatic ring is 1. The summed E-state index contributed by atoms with van der Waals surface area (Å²) in [4.78, 5) is 24.8. The number of hydrogen-bond donors (Lipinski definition) is 5. The molecule has 29 heavy (non-hydrogen) atoms. The normalized spacial score (nSPS) is 11.7. The van der Waals surface area contributed by atoms with E-state index in [1.54, 1.807) is 12.1 Å². The third kappa shape index (κ3) is 7.38. The zero-order chi connectivity index (χ0) is 21.2. The molecule has 0 bridgehead atoms. The largest absolute Gasteiger partial charge is 0.384 e. The number of benzene rings is 2. The lowest BCUT2D eigenvalue weighted by Gasteiger charge is -2.22. The lowest BCUT2D eigenvalue weighted by Crippen LogP contribution is -2.51. The molecule has 0 saturated carbocycles. The van der Waals surface area contributed by atoms with Gasteiger partial charge in [-0.1, -0.05) is 68.4 Å². The molecule has 0 spiro atoms. The molecule has 0 aliphatic heterocycles. The molecule has 1 atom stereocenters. The SMILES string of the molecule is CC(C)C(NC(=O)CNCc1ccc(C(=N)N)cc1)C(=O)NCc1ccccc1. The summed E-state index contributed by atoms with van der Waals surface area (Å²) in [5.74, 6) is -0.445. The van der Waals surface area contributed by atoms with Crippen LogP contribution in [0.1, 0.15) is 30.5 Å². The third-order valence-corrected chi connectivity index (χ3v) is 4.45. The van der Waals surface area contributed by atoms with Gasteiger partial charge in [0.25, 0.3) is 0 Å². The maximum atomic E-state index is 12.5. The van der Waals surface area contributed by atoms with E-state index in [0.29, 0.717) is 18.7 Å². The molecule has 0 fully saturated rings. The van der Waals surface area contributed by atoms with Crippen LogP contribution in [0.3, 0.4) is 0 Å². The number of amides is 2. The van der Waals surface area contributed by atoms with Gasteiger partial charge in [0.05, 0.1) is 6.54 Å². The van der Waals surface area contributed by atoms with Crippen molar-refractivity contribution in [1.29, 1.82) is 5.41 Å². The highest BCUT2D eigenvalue weighted by atomic mass is 16.2. The molecule has 7 heteroatoms. The number of hydrogen-bond acceptors (Lipinski definition) is 4. The topological polar surface area (TPSA) is 120 Å². The van der Waals surface area contributed by atoms with Gasteiger partial charge < -0.3 is 21.7 Å². The molecule has 0 aliphatic carbocycles. The molecule has 6 N–H and O–H groups in total. The number of amidine groups is 1. The van der Waals surface area contributed by atoms with Crippen LogP contribution in [0.2, 0.25) is 0 Å². The molecule has 0 saturated heterocycles. The second-order valence-corrected chi connectivity index (χ2v) is 7.21. The maximum absolute atomic E-state index is 12.5. The summed E-state index contributed by atoms with van der Waals surface area (Å²) < 4.78 is 0. The minimum Gasteiger partial charge on any atom is -0.384 e. The first-order valence-corrected chi connectivity index (χ1v) is 9.62. The average Bonchev–Trinajstić information content (AvgIpc) is 2.71. The molecule has 0 heterocycles. The first kappa shape index (κ1) is 22.1. The second kappa shape index (κ2) is 11.0. The van der Waals surface area contributed by atoms with Crippen LogP contribution in [0.5, 0.6) is 0 Å². The summed E-state index contributed by atoms with van der Waals surface area (Å²) in [5, 5.41) is 16.1. The number of carbonyl (C=O) groups excluding carboxylic acids is 2. The lowest BCUT2D eigenvalue weighted by molar-refractivity contribution is -0.129. The van der Waals surface area contributed by atoms with E-state index in [2.05, 4.69) is 16.0 Å². The molecule has 154 valence electrons. The van der Waals surface area contributed by atoms with Crippen molar-refractivity contribution < 1.29 is 9.59 Å². The standard InChI is InChI=1S/C22H29N5O2/c1-15(2)20(22(29)26-13-16-6-4-3-5-7-16)27-19(28)14-25-12-17-8-10-18(11-9-17)21(23)24/h3-11,15,20,25H,12-14H2,1-2H3,(H3,23,24)(H,26,29)(H,27,28). The van der Waals surface area contributed by atoms with Crippen molar-refractivity contribution in [2.24, 2.45) is 11.7 Å². The van der Waals surface area contributed by atoms with E-state index < -0.39 is 6.04 Å². The minimum atomic E-state index is -0.595. The predicted octanol–water partition coefficient (Wildman–Crippen LogP) is 1.52. The number of nitrogens with one attached hydrogen (secondary N) is 4. The van der Waals surface area contributed by atoms with Gasteiger partial charge in [-0.05, 0) is 17.0 Å². The van der Waals surface area contributed by atoms with Crippen molar-refractivity contribution in [3.8, 4) is 0 Å². The van der Waals surface area contributed by atoms with Crippen molar-refractivity contribution in [3.63, 3.8) is 0 Å². The molecule has 2 amide bonds. The van der Waals surface area contributed by atoms with Gasteiger partial charge in [0.2, 0.25) is 11.8 Å². The van der Waals surface area contributed by atoms with Crippen LogP contribution < -0.4 is 21.7 Å². The summed E-state index contributed by atoms with van der Waals surface area (Å²) in [5.41, 5.74) is 8.08. The molecular weight excluding hydrogens is 366 g/mol. The van der Waals surface area contributed by atoms with E-state index in [1.165, 1.54) is 0 Å². The summed E-state index contributed by atoms with van der Waals surface area (Å²) >= 11 is 0. The Bertz CT molecular complexity index is 819. The van der Waals surface area contributed by atoms with Crippen LogP contribution in [0, 0.1) is 11.3 Å². The van der Waals surface area contributed by atoms with Gasteiger partial charge in [-0.3, -0.25) is 15.0 Å². The minimum absolute atomic E-state index is 0.0224. The van der Waals surface area contributed by atoms with Gasteiger partial charge in [0.15, 0.2) is 0 Å². The van der Waals surface area contributed by atoms with Crippen LogP contribution in [0.25, 0.3) is 0 Å². The predicted molar refractivity (Wildman–Crippen MR) is 114 cm³/mol. The summed E-state index contributed by atoms with van der Waals surface area (Å²) in [6.45, 7) is 4.82. The quantitative estimate of drug-likeness (QED) is 0.309. The van der Waals surface area contributed by atoms with E-state index in [0.717, 1.165) is 11.1 Å². The molecule has 0 radical (unpaired) electrons. The van der Waals surface area contributed by atoms with Gasteiger partial charge in [-0.15, -0.1) is 0 Å². The lowest BCUT2D eigenvalue weighted by atomic mass is 10.0. The fraction of sp³-hybridized carbons (Fsp3) is 0.318. The van der Waals surface area contributed by atoms with E-state index in [1.807, 2.05) is 56.3 Å². The highest BCUT2D eigenvalue weighted by molar-refractivity contribution is 5.94. The van der Waals surface area contributed by atoms with Crippen LogP contribution in [-0.2, 0) is 22.7 Å². The van der Waals surface area contributed by atoms with Crippen molar-refractivity contribution >= 4 is 17.6 Å². The Labute approximate surface area is 171 Å². The zero-order valence-electron chi connectivity index (χ0n) is 16.9. The summed E-state index contributed by atoms with van der Waals surface area (Å²) in [7, 11) is 0. The van der Waals surface area contributed by atoms with Crippen LogP contribution in [0.15, 0.2) is 54.6 Å². The molecule has 2 aromatic carbocycles. The molecule has 1 unspecified atom stereocenters. The Morgan fingerprint density at radius 3 is 2.17 bits per heavy atom. The van der Waals surface area contributed by atoms with E-state index in [9.17, 15) is 9.59 Å². The first-order valence-electron chi connectivity index (χ1n) is 9.62. The molecule has 0 aromatic heterocycles. The molecule has 2 rings (SSSR count). The van der Waals surface area contributed by atoms with Crippen molar-refractivity contribution in [3.05, 3.63) is 71.3 Å². The van der Waals surface area contributed by atoms with Gasteiger partial charge in [0, 0.05) is 18.7 Å². The molecule has 2 aromatic rings. The van der Waals surface area contributed by atoms with E-state index >= 15 is 0 Å². The third-order valence-electron chi connectivity index (χ3n) is 4.45. The Morgan fingerprint density at radius 1 is 0.966 bits per heavy atom. The van der Waals surface area contributed by atoms with Crippen LogP contribution >= 0.6 is 0 Å². The monoisotopic (exact) mass is 395 g/mol. The van der Waals surface area contributed by atoms with Gasteiger partial charge in [-0.25, -0.2) is 0 Å². The average molecular weight is 396 g/mol. The Kier molecular flexibility index (Phi) is 8.36. The van der Waals surface area contributed by atoms with E-state index in [-0.39, 0.29) is 30.1 Å². The Balaban J connectivity index is 1.79. The fourth-order valence-corrected chi connectivity index (χ4v) is 2.78. The number of rotatable bonds is 10. The highest BCUT2D eigenvalue weighted by Crippen LogP contribution is 2.05. The van der Waals surface area contributed by atoms with Gasteiger partial charge in [0.1, 0.15) is 11.9 Å². The maximum Gasteiger partial charge on any atom is 0.243 e. The Hall–Kier alpha value is -3.19.